The minimum atomic E-state index is -0.209. The van der Waals surface area contributed by atoms with Gasteiger partial charge in [-0.25, -0.2) is 0 Å². The van der Waals surface area contributed by atoms with Gasteiger partial charge in [-0.2, -0.15) is 5.26 Å². The van der Waals surface area contributed by atoms with Crippen LogP contribution in [-0.2, 0) is 11.3 Å². The average Bonchev–Trinajstić information content (AvgIpc) is 3.55. The van der Waals surface area contributed by atoms with Gasteiger partial charge >= 0.3 is 0 Å². The minimum absolute atomic E-state index is 0.134. The molecule has 2 aromatic carbocycles. The van der Waals surface area contributed by atoms with Gasteiger partial charge < -0.3 is 5.32 Å². The van der Waals surface area contributed by atoms with Crippen LogP contribution in [0.2, 0.25) is 0 Å². The lowest BCUT2D eigenvalue weighted by Gasteiger charge is -2.39. The second kappa shape index (κ2) is 8.55. The molecule has 144 valence electrons. The fourth-order valence-corrected chi connectivity index (χ4v) is 3.79. The molecule has 1 aliphatic carbocycles. The van der Waals surface area contributed by atoms with E-state index in [1.807, 2.05) is 42.5 Å². The monoisotopic (exact) mass is 374 g/mol. The zero-order chi connectivity index (χ0) is 19.3. The molecule has 5 heteroatoms. The molecule has 28 heavy (non-hydrogen) atoms. The molecule has 0 aromatic heterocycles. The van der Waals surface area contributed by atoms with Crippen LogP contribution in [0, 0.1) is 11.3 Å². The third-order valence-electron chi connectivity index (χ3n) is 5.55. The van der Waals surface area contributed by atoms with Crippen molar-refractivity contribution in [1.82, 2.24) is 15.1 Å². The fraction of sp³-hybridized carbons (Fsp3) is 0.391. The number of nitriles is 1. The maximum Gasteiger partial charge on any atom is 0.242 e. The van der Waals surface area contributed by atoms with Crippen molar-refractivity contribution in [3.8, 4) is 6.07 Å². The Morgan fingerprint density at radius 1 is 1.04 bits per heavy atom. The number of amides is 1. The summed E-state index contributed by atoms with van der Waals surface area (Å²) in [6, 6.07) is 20.3. The molecule has 0 spiro atoms. The van der Waals surface area contributed by atoms with Crippen molar-refractivity contribution in [1.29, 1.82) is 5.26 Å². The van der Waals surface area contributed by atoms with Gasteiger partial charge in [-0.3, -0.25) is 14.6 Å². The number of hydrogen-bond acceptors (Lipinski definition) is 4. The molecule has 1 aliphatic heterocycles. The quantitative estimate of drug-likeness (QED) is 0.845. The smallest absolute Gasteiger partial charge is 0.242 e. The number of hydrogen-bond donors (Lipinski definition) is 1. The van der Waals surface area contributed by atoms with Crippen LogP contribution in [0.4, 0.5) is 0 Å². The van der Waals surface area contributed by atoms with Crippen molar-refractivity contribution in [2.75, 3.05) is 26.2 Å². The van der Waals surface area contributed by atoms with Crippen LogP contribution in [0.5, 0.6) is 0 Å². The highest BCUT2D eigenvalue weighted by molar-refractivity contribution is 5.83. The Balaban J connectivity index is 1.39. The molecule has 4 rings (SSSR count). The normalized spacial score (nSPS) is 19.0. The standard InChI is InChI=1S/C23H26N4O/c24-16-18-6-8-19(9-7-18)17-26-12-14-27(15-13-26)22(20-4-2-1-3-5-20)23(28)25-21-10-11-21/h1-9,21-22H,10-15,17H2,(H,25,28). The largest absolute Gasteiger partial charge is 0.352 e. The number of carbonyl (C=O) groups is 1. The molecule has 1 heterocycles. The molecular formula is C23H26N4O. The van der Waals surface area contributed by atoms with Gasteiger partial charge in [0.05, 0.1) is 11.6 Å². The summed E-state index contributed by atoms with van der Waals surface area (Å²) in [5, 5.41) is 12.1. The molecule has 2 fully saturated rings. The molecule has 0 bridgehead atoms. The summed E-state index contributed by atoms with van der Waals surface area (Å²) in [5.74, 6) is 0.134. The van der Waals surface area contributed by atoms with Crippen LogP contribution in [0.3, 0.4) is 0 Å². The van der Waals surface area contributed by atoms with Gasteiger partial charge in [0.25, 0.3) is 0 Å². The van der Waals surface area contributed by atoms with Crippen molar-refractivity contribution in [2.24, 2.45) is 0 Å². The van der Waals surface area contributed by atoms with E-state index >= 15 is 0 Å². The molecule has 1 unspecified atom stereocenters. The number of nitrogens with one attached hydrogen (secondary N) is 1. The van der Waals surface area contributed by atoms with Crippen molar-refractivity contribution in [2.45, 2.75) is 31.5 Å². The molecule has 2 aromatic rings. The lowest BCUT2D eigenvalue weighted by atomic mass is 10.0. The highest BCUT2D eigenvalue weighted by Crippen LogP contribution is 2.26. The van der Waals surface area contributed by atoms with E-state index in [1.54, 1.807) is 0 Å². The van der Waals surface area contributed by atoms with E-state index in [-0.39, 0.29) is 11.9 Å². The van der Waals surface area contributed by atoms with Crippen LogP contribution < -0.4 is 5.32 Å². The highest BCUT2D eigenvalue weighted by atomic mass is 16.2. The molecule has 1 saturated carbocycles. The minimum Gasteiger partial charge on any atom is -0.352 e. The Kier molecular flexibility index (Phi) is 5.70. The molecule has 1 amide bonds. The Morgan fingerprint density at radius 2 is 1.71 bits per heavy atom. The van der Waals surface area contributed by atoms with Gasteiger partial charge in [-0.15, -0.1) is 0 Å². The Bertz CT molecular complexity index is 831. The van der Waals surface area contributed by atoms with Crippen molar-refractivity contribution < 1.29 is 4.79 Å². The molecule has 1 N–H and O–H groups in total. The van der Waals surface area contributed by atoms with E-state index in [4.69, 9.17) is 5.26 Å². The maximum absolute atomic E-state index is 12.9. The van der Waals surface area contributed by atoms with Crippen LogP contribution in [-0.4, -0.2) is 47.9 Å². The van der Waals surface area contributed by atoms with E-state index < -0.39 is 0 Å². The first-order valence-electron chi connectivity index (χ1n) is 10.0. The molecule has 1 atom stereocenters. The SMILES string of the molecule is N#Cc1ccc(CN2CCN(C(C(=O)NC3CC3)c3ccccc3)CC2)cc1. The summed E-state index contributed by atoms with van der Waals surface area (Å²) in [4.78, 5) is 17.7. The fourth-order valence-electron chi connectivity index (χ4n) is 3.79. The van der Waals surface area contributed by atoms with Crippen LogP contribution in [0.1, 0.15) is 35.6 Å². The lowest BCUT2D eigenvalue weighted by molar-refractivity contribution is -0.127. The summed E-state index contributed by atoms with van der Waals surface area (Å²) < 4.78 is 0. The van der Waals surface area contributed by atoms with Gasteiger partial charge in [-0.1, -0.05) is 42.5 Å². The number of piperazine rings is 1. The summed E-state index contributed by atoms with van der Waals surface area (Å²) >= 11 is 0. The Morgan fingerprint density at radius 3 is 2.32 bits per heavy atom. The van der Waals surface area contributed by atoms with Gasteiger partial charge in [0.15, 0.2) is 0 Å². The number of nitrogens with zero attached hydrogens (tertiary/aromatic N) is 3. The summed E-state index contributed by atoms with van der Waals surface area (Å²) in [6.45, 7) is 4.48. The first kappa shape index (κ1) is 18.7. The van der Waals surface area contributed by atoms with Gasteiger partial charge in [0, 0.05) is 38.8 Å². The number of carbonyl (C=O) groups excluding carboxylic acids is 1. The first-order chi connectivity index (χ1) is 13.7. The van der Waals surface area contributed by atoms with Gasteiger partial charge in [0.2, 0.25) is 5.91 Å². The van der Waals surface area contributed by atoms with Crippen LogP contribution in [0.25, 0.3) is 0 Å². The Labute approximate surface area is 166 Å². The number of benzene rings is 2. The van der Waals surface area contributed by atoms with E-state index in [9.17, 15) is 4.79 Å². The van der Waals surface area contributed by atoms with E-state index in [0.29, 0.717) is 11.6 Å². The molecule has 0 radical (unpaired) electrons. The van der Waals surface area contributed by atoms with E-state index in [0.717, 1.165) is 51.1 Å². The second-order valence-electron chi connectivity index (χ2n) is 7.72. The predicted octanol–water partition coefficient (Wildman–Crippen LogP) is 2.70. The predicted molar refractivity (Wildman–Crippen MR) is 108 cm³/mol. The molecule has 2 aliphatic rings. The van der Waals surface area contributed by atoms with E-state index in [1.165, 1.54) is 5.56 Å². The van der Waals surface area contributed by atoms with Crippen molar-refractivity contribution in [3.63, 3.8) is 0 Å². The molecular weight excluding hydrogens is 348 g/mol. The molecule has 5 nitrogen and oxygen atoms in total. The Hall–Kier alpha value is -2.68. The summed E-state index contributed by atoms with van der Waals surface area (Å²) in [5.41, 5.74) is 2.99. The summed E-state index contributed by atoms with van der Waals surface area (Å²) in [7, 11) is 0. The average molecular weight is 374 g/mol. The van der Waals surface area contributed by atoms with Crippen LogP contribution >= 0.6 is 0 Å². The van der Waals surface area contributed by atoms with E-state index in [2.05, 4.69) is 33.3 Å². The van der Waals surface area contributed by atoms with Gasteiger partial charge in [0.1, 0.15) is 6.04 Å². The number of rotatable bonds is 6. The zero-order valence-corrected chi connectivity index (χ0v) is 16.1. The highest BCUT2D eigenvalue weighted by Gasteiger charge is 2.33. The third-order valence-corrected chi connectivity index (χ3v) is 5.55. The lowest BCUT2D eigenvalue weighted by Crippen LogP contribution is -2.50. The first-order valence-corrected chi connectivity index (χ1v) is 10.0. The maximum atomic E-state index is 12.9. The second-order valence-corrected chi connectivity index (χ2v) is 7.72. The van der Waals surface area contributed by atoms with Crippen LogP contribution in [0.15, 0.2) is 54.6 Å². The summed E-state index contributed by atoms with van der Waals surface area (Å²) in [6.07, 6.45) is 2.21. The van der Waals surface area contributed by atoms with Crippen molar-refractivity contribution in [3.05, 3.63) is 71.3 Å². The third kappa shape index (κ3) is 4.59. The van der Waals surface area contributed by atoms with Gasteiger partial charge in [-0.05, 0) is 36.1 Å². The van der Waals surface area contributed by atoms with Crippen molar-refractivity contribution >= 4 is 5.91 Å². The zero-order valence-electron chi connectivity index (χ0n) is 16.1. The topological polar surface area (TPSA) is 59.4 Å². The molecule has 1 saturated heterocycles.